The molecule has 0 aromatic rings. The van der Waals surface area contributed by atoms with Crippen molar-refractivity contribution in [1.82, 2.24) is 5.32 Å². The van der Waals surface area contributed by atoms with Crippen molar-refractivity contribution < 1.29 is 53.3 Å². The molecule has 0 spiro atoms. The average Bonchev–Trinajstić information content (AvgIpc) is 3.01. The SMILES string of the molecule is CCCCCCCCCCCC(O)CC(=O)N[C@H]1[C@H](OP(=O)(O)O)O[C@H](CC)[C@@H](O)[C@@H]1OC(=O)CC(O)CCCCCCCCCCC. The molecule has 7 atom stereocenters. The van der Waals surface area contributed by atoms with Crippen LogP contribution in [-0.4, -0.2) is 79.8 Å². The van der Waals surface area contributed by atoms with Crippen LogP contribution in [0, 0.1) is 0 Å². The lowest BCUT2D eigenvalue weighted by atomic mass is 9.94. The second kappa shape index (κ2) is 26.7. The van der Waals surface area contributed by atoms with Gasteiger partial charge in [-0.25, -0.2) is 4.57 Å². The monoisotopic (exact) mass is 709 g/mol. The fourth-order valence-corrected chi connectivity index (χ4v) is 6.66. The Morgan fingerprint density at radius 3 is 1.60 bits per heavy atom. The highest BCUT2D eigenvalue weighted by molar-refractivity contribution is 7.46. The number of ether oxygens (including phenoxy) is 2. The van der Waals surface area contributed by atoms with E-state index in [0.29, 0.717) is 12.8 Å². The number of aliphatic hydroxyl groups is 3. The summed E-state index contributed by atoms with van der Waals surface area (Å²) in [7, 11) is -5.13. The van der Waals surface area contributed by atoms with Crippen LogP contribution in [0.15, 0.2) is 0 Å². The zero-order valence-corrected chi connectivity index (χ0v) is 30.8. The Hall–Kier alpha value is -1.11. The molecule has 0 aliphatic carbocycles. The van der Waals surface area contributed by atoms with Gasteiger partial charge in [0.1, 0.15) is 12.1 Å². The summed E-state index contributed by atoms with van der Waals surface area (Å²) in [4.78, 5) is 44.9. The predicted molar refractivity (Wildman–Crippen MR) is 185 cm³/mol. The molecule has 1 aliphatic rings. The number of nitrogens with one attached hydrogen (secondary N) is 1. The van der Waals surface area contributed by atoms with Crippen LogP contribution in [0.1, 0.15) is 168 Å². The summed E-state index contributed by atoms with van der Waals surface area (Å²) in [5.41, 5.74) is 0. The number of hydrogen-bond donors (Lipinski definition) is 6. The second-order valence-corrected chi connectivity index (χ2v) is 14.7. The van der Waals surface area contributed by atoms with E-state index >= 15 is 0 Å². The molecule has 2 unspecified atom stereocenters. The average molecular weight is 710 g/mol. The molecular formula is C35H68NO11P. The van der Waals surface area contributed by atoms with Crippen LogP contribution in [0.4, 0.5) is 0 Å². The maximum atomic E-state index is 13.0. The van der Waals surface area contributed by atoms with Crippen molar-refractivity contribution >= 4 is 19.7 Å². The fourth-order valence-electron chi connectivity index (χ4n) is 6.21. The maximum absolute atomic E-state index is 13.0. The van der Waals surface area contributed by atoms with Crippen LogP contribution >= 0.6 is 7.82 Å². The molecular weight excluding hydrogens is 641 g/mol. The van der Waals surface area contributed by atoms with Gasteiger partial charge in [-0.15, -0.1) is 0 Å². The highest BCUT2D eigenvalue weighted by Crippen LogP contribution is 2.41. The van der Waals surface area contributed by atoms with Crippen LogP contribution in [0.25, 0.3) is 0 Å². The van der Waals surface area contributed by atoms with Crippen molar-refractivity contribution in [3.63, 3.8) is 0 Å². The summed E-state index contributed by atoms with van der Waals surface area (Å²) in [6.07, 6.45) is 12.8. The van der Waals surface area contributed by atoms with E-state index in [1.165, 1.54) is 64.2 Å². The first-order chi connectivity index (χ1) is 22.9. The number of unbranched alkanes of at least 4 members (excludes halogenated alkanes) is 16. The summed E-state index contributed by atoms with van der Waals surface area (Å²) in [5, 5.41) is 34.5. The van der Waals surface area contributed by atoms with Gasteiger partial charge in [-0.2, -0.15) is 0 Å². The second-order valence-electron chi connectivity index (χ2n) is 13.5. The van der Waals surface area contributed by atoms with Gasteiger partial charge in [0.15, 0.2) is 12.4 Å². The maximum Gasteiger partial charge on any atom is 0.472 e. The molecule has 0 aromatic carbocycles. The minimum Gasteiger partial charge on any atom is -0.457 e. The molecule has 0 saturated carbocycles. The third-order valence-corrected chi connectivity index (χ3v) is 9.50. The Balaban J connectivity index is 2.70. The third kappa shape index (κ3) is 21.2. The molecule has 0 radical (unpaired) electrons. The standard InChI is InChI=1S/C35H68NO11P/c1-4-7-9-11-13-15-17-19-21-23-27(37)25-30(39)36-32-34(33(41)29(6-3)45-35(32)47-48(42,43)44)46-31(40)26-28(38)24-22-20-18-16-14-12-10-8-5-2/h27-29,32-35,37-38,41H,4-26H2,1-3H3,(H,36,39)(H2,42,43,44)/t27?,28?,29-,32-,33-,34-,35+/m1/s1. The molecule has 1 rings (SSSR count). The lowest BCUT2D eigenvalue weighted by Crippen LogP contribution is -2.65. The van der Waals surface area contributed by atoms with E-state index in [1.54, 1.807) is 6.92 Å². The van der Waals surface area contributed by atoms with Gasteiger partial charge in [0, 0.05) is 0 Å². The normalized spacial score (nSPS) is 22.7. The van der Waals surface area contributed by atoms with Crippen LogP contribution in [0.5, 0.6) is 0 Å². The number of carbonyl (C=O) groups excluding carboxylic acids is 2. The van der Waals surface area contributed by atoms with Crippen LogP contribution < -0.4 is 5.32 Å². The zero-order valence-electron chi connectivity index (χ0n) is 29.9. The Labute approximate surface area is 289 Å². The number of esters is 1. The minimum absolute atomic E-state index is 0.190. The molecule has 6 N–H and O–H groups in total. The van der Waals surface area contributed by atoms with Gasteiger partial charge < -0.3 is 39.9 Å². The Morgan fingerprint density at radius 2 is 1.17 bits per heavy atom. The number of aliphatic hydroxyl groups excluding tert-OH is 3. The summed E-state index contributed by atoms with van der Waals surface area (Å²) in [5.74, 6) is -1.52. The number of phosphoric ester groups is 1. The van der Waals surface area contributed by atoms with E-state index < -0.39 is 62.6 Å². The minimum atomic E-state index is -5.13. The molecule has 1 amide bonds. The highest BCUT2D eigenvalue weighted by Gasteiger charge is 2.50. The highest BCUT2D eigenvalue weighted by atomic mass is 31.2. The zero-order chi connectivity index (χ0) is 35.8. The molecule has 1 aliphatic heterocycles. The van der Waals surface area contributed by atoms with Gasteiger partial charge in [-0.3, -0.25) is 14.1 Å². The largest absolute Gasteiger partial charge is 0.472 e. The number of hydrogen-bond acceptors (Lipinski definition) is 9. The van der Waals surface area contributed by atoms with Crippen molar-refractivity contribution in [3.05, 3.63) is 0 Å². The summed E-state index contributed by atoms with van der Waals surface area (Å²) < 4.78 is 27.8. The van der Waals surface area contributed by atoms with E-state index in [2.05, 4.69) is 19.2 Å². The molecule has 1 fully saturated rings. The molecule has 1 heterocycles. The summed E-state index contributed by atoms with van der Waals surface area (Å²) in [6.45, 7) is 6.04. The Kier molecular flexibility index (Phi) is 24.9. The molecule has 0 bridgehead atoms. The summed E-state index contributed by atoms with van der Waals surface area (Å²) in [6, 6.07) is -1.48. The van der Waals surface area contributed by atoms with Crippen molar-refractivity contribution in [3.8, 4) is 0 Å². The van der Waals surface area contributed by atoms with E-state index in [-0.39, 0.29) is 19.3 Å². The van der Waals surface area contributed by atoms with Gasteiger partial charge in [-0.05, 0) is 19.3 Å². The Morgan fingerprint density at radius 1 is 0.729 bits per heavy atom. The first-order valence-corrected chi connectivity index (χ1v) is 20.4. The fraction of sp³-hybridized carbons (Fsp3) is 0.943. The third-order valence-electron chi connectivity index (χ3n) is 9.02. The molecule has 12 nitrogen and oxygen atoms in total. The number of amides is 1. The van der Waals surface area contributed by atoms with E-state index in [4.69, 9.17) is 14.0 Å². The van der Waals surface area contributed by atoms with E-state index in [1.807, 2.05) is 0 Å². The van der Waals surface area contributed by atoms with Crippen molar-refractivity contribution in [2.45, 2.75) is 211 Å². The molecule has 48 heavy (non-hydrogen) atoms. The number of carbonyl (C=O) groups is 2. The van der Waals surface area contributed by atoms with Crippen LogP contribution in [0.3, 0.4) is 0 Å². The van der Waals surface area contributed by atoms with Crippen molar-refractivity contribution in [1.29, 1.82) is 0 Å². The molecule has 13 heteroatoms. The van der Waals surface area contributed by atoms with Gasteiger partial charge >= 0.3 is 13.8 Å². The van der Waals surface area contributed by atoms with E-state index in [9.17, 15) is 39.3 Å². The van der Waals surface area contributed by atoms with Gasteiger partial charge in [-0.1, -0.05) is 136 Å². The topological polar surface area (TPSA) is 192 Å². The molecule has 0 aromatic heterocycles. The summed E-state index contributed by atoms with van der Waals surface area (Å²) >= 11 is 0. The first-order valence-electron chi connectivity index (χ1n) is 18.8. The number of phosphoric acid groups is 1. The molecule has 284 valence electrons. The van der Waals surface area contributed by atoms with Gasteiger partial charge in [0.2, 0.25) is 5.91 Å². The lowest BCUT2D eigenvalue weighted by Gasteiger charge is -2.44. The Bertz CT molecular complexity index is 889. The smallest absolute Gasteiger partial charge is 0.457 e. The quantitative estimate of drug-likeness (QED) is 0.0289. The van der Waals surface area contributed by atoms with Gasteiger partial charge in [0.05, 0.1) is 31.2 Å². The van der Waals surface area contributed by atoms with Gasteiger partial charge in [0.25, 0.3) is 0 Å². The van der Waals surface area contributed by atoms with Crippen LogP contribution in [0.2, 0.25) is 0 Å². The van der Waals surface area contributed by atoms with Crippen molar-refractivity contribution in [2.24, 2.45) is 0 Å². The van der Waals surface area contributed by atoms with E-state index in [0.717, 1.165) is 51.4 Å². The van der Waals surface area contributed by atoms with Crippen molar-refractivity contribution in [2.75, 3.05) is 0 Å². The van der Waals surface area contributed by atoms with Crippen LogP contribution in [-0.2, 0) is 28.2 Å². The molecule has 1 saturated heterocycles. The number of rotatable bonds is 29. The predicted octanol–water partition coefficient (Wildman–Crippen LogP) is 6.33. The first kappa shape index (κ1) is 44.9. The lowest BCUT2D eigenvalue weighted by molar-refractivity contribution is -0.248.